The van der Waals surface area contributed by atoms with Gasteiger partial charge in [-0.1, -0.05) is 13.8 Å². The van der Waals surface area contributed by atoms with Gasteiger partial charge in [-0.15, -0.1) is 11.3 Å². The minimum atomic E-state index is 0.107. The van der Waals surface area contributed by atoms with Crippen LogP contribution in [0.3, 0.4) is 0 Å². The summed E-state index contributed by atoms with van der Waals surface area (Å²) >= 11 is 1.79. The first-order chi connectivity index (χ1) is 11.1. The Morgan fingerprint density at radius 1 is 1.26 bits per heavy atom. The second-order valence-electron chi connectivity index (χ2n) is 6.40. The molecule has 1 aromatic heterocycles. The van der Waals surface area contributed by atoms with Gasteiger partial charge in [0.2, 0.25) is 0 Å². The molecule has 1 amide bonds. The highest BCUT2D eigenvalue weighted by atomic mass is 32.1. The van der Waals surface area contributed by atoms with Crippen molar-refractivity contribution < 1.29 is 9.53 Å². The van der Waals surface area contributed by atoms with Crippen LogP contribution < -0.4 is 4.74 Å². The fourth-order valence-corrected chi connectivity index (χ4v) is 3.60. The molecule has 2 aromatic rings. The van der Waals surface area contributed by atoms with E-state index >= 15 is 0 Å². The highest BCUT2D eigenvalue weighted by molar-refractivity contribution is 7.10. The van der Waals surface area contributed by atoms with Crippen LogP contribution in [-0.4, -0.2) is 24.0 Å². The Hall–Kier alpha value is -1.81. The predicted molar refractivity (Wildman–Crippen MR) is 94.2 cm³/mol. The lowest BCUT2D eigenvalue weighted by Gasteiger charge is -2.27. The Bertz CT molecular complexity index is 660. The van der Waals surface area contributed by atoms with Gasteiger partial charge in [-0.3, -0.25) is 4.79 Å². The first kappa shape index (κ1) is 16.1. The number of hydrogen-bond acceptors (Lipinski definition) is 3. The number of benzene rings is 1. The number of thiophene rings is 1. The van der Waals surface area contributed by atoms with Gasteiger partial charge in [0, 0.05) is 23.5 Å². The monoisotopic (exact) mass is 329 g/mol. The van der Waals surface area contributed by atoms with Crippen LogP contribution in [0.4, 0.5) is 0 Å². The Morgan fingerprint density at radius 3 is 2.78 bits per heavy atom. The van der Waals surface area contributed by atoms with Crippen molar-refractivity contribution in [2.45, 2.75) is 33.2 Å². The molecule has 23 heavy (non-hydrogen) atoms. The van der Waals surface area contributed by atoms with Crippen LogP contribution in [-0.2, 0) is 13.0 Å². The number of fused-ring (bicyclic) bond motifs is 1. The summed E-state index contributed by atoms with van der Waals surface area (Å²) in [6, 6.07) is 9.67. The minimum absolute atomic E-state index is 0.107. The fraction of sp³-hybridized carbons (Fsp3) is 0.421. The van der Waals surface area contributed by atoms with E-state index < -0.39 is 0 Å². The van der Waals surface area contributed by atoms with Crippen molar-refractivity contribution in [3.63, 3.8) is 0 Å². The number of rotatable bonds is 5. The SMILES string of the molecule is CC(C)CCOc1ccc(C(=O)N2CCc3sccc3C2)cc1. The maximum Gasteiger partial charge on any atom is 0.254 e. The Morgan fingerprint density at radius 2 is 2.04 bits per heavy atom. The molecule has 0 N–H and O–H groups in total. The maximum absolute atomic E-state index is 12.6. The van der Waals surface area contributed by atoms with E-state index in [0.29, 0.717) is 5.92 Å². The van der Waals surface area contributed by atoms with Gasteiger partial charge >= 0.3 is 0 Å². The molecule has 0 saturated carbocycles. The molecule has 2 heterocycles. The van der Waals surface area contributed by atoms with Gasteiger partial charge in [0.25, 0.3) is 5.91 Å². The highest BCUT2D eigenvalue weighted by Crippen LogP contribution is 2.25. The molecule has 3 rings (SSSR count). The van der Waals surface area contributed by atoms with Crippen molar-refractivity contribution in [1.29, 1.82) is 0 Å². The second kappa shape index (κ2) is 7.18. The molecule has 0 spiro atoms. The molecule has 0 aliphatic carbocycles. The van der Waals surface area contributed by atoms with E-state index in [2.05, 4.69) is 25.3 Å². The van der Waals surface area contributed by atoms with Crippen molar-refractivity contribution in [2.24, 2.45) is 5.92 Å². The van der Waals surface area contributed by atoms with E-state index in [1.807, 2.05) is 29.2 Å². The number of carbonyl (C=O) groups excluding carboxylic acids is 1. The molecule has 0 atom stereocenters. The number of hydrogen-bond donors (Lipinski definition) is 0. The van der Waals surface area contributed by atoms with Gasteiger partial charge in [0.05, 0.1) is 6.61 Å². The topological polar surface area (TPSA) is 29.5 Å². The molecule has 122 valence electrons. The van der Waals surface area contributed by atoms with Crippen molar-refractivity contribution in [3.8, 4) is 5.75 Å². The molecule has 3 nitrogen and oxygen atoms in total. The smallest absolute Gasteiger partial charge is 0.254 e. The Balaban J connectivity index is 1.60. The van der Waals surface area contributed by atoms with Crippen LogP contribution in [0, 0.1) is 5.92 Å². The third-order valence-electron chi connectivity index (χ3n) is 4.16. The minimum Gasteiger partial charge on any atom is -0.494 e. The van der Waals surface area contributed by atoms with Crippen LogP contribution in [0.2, 0.25) is 0 Å². The first-order valence-electron chi connectivity index (χ1n) is 8.21. The Kier molecular flexibility index (Phi) is 5.01. The van der Waals surface area contributed by atoms with E-state index in [1.54, 1.807) is 11.3 Å². The molecule has 0 radical (unpaired) electrons. The van der Waals surface area contributed by atoms with Crippen LogP contribution >= 0.6 is 11.3 Å². The second-order valence-corrected chi connectivity index (χ2v) is 7.40. The van der Waals surface area contributed by atoms with E-state index in [1.165, 1.54) is 10.4 Å². The summed E-state index contributed by atoms with van der Waals surface area (Å²) in [5, 5.41) is 2.11. The van der Waals surface area contributed by atoms with Crippen molar-refractivity contribution in [2.75, 3.05) is 13.2 Å². The third-order valence-corrected chi connectivity index (χ3v) is 5.18. The lowest BCUT2D eigenvalue weighted by molar-refractivity contribution is 0.0736. The van der Waals surface area contributed by atoms with Gasteiger partial charge in [-0.2, -0.15) is 0 Å². The van der Waals surface area contributed by atoms with Crippen molar-refractivity contribution in [1.82, 2.24) is 4.90 Å². The average molecular weight is 329 g/mol. The molecule has 1 aliphatic rings. The van der Waals surface area contributed by atoms with E-state index in [-0.39, 0.29) is 5.91 Å². The summed E-state index contributed by atoms with van der Waals surface area (Å²) < 4.78 is 5.71. The van der Waals surface area contributed by atoms with Gasteiger partial charge in [-0.05, 0) is 60.0 Å². The van der Waals surface area contributed by atoms with Crippen molar-refractivity contribution in [3.05, 3.63) is 51.7 Å². The molecule has 0 bridgehead atoms. The van der Waals surface area contributed by atoms with E-state index in [9.17, 15) is 4.79 Å². The molecule has 1 aliphatic heterocycles. The number of ether oxygens (including phenoxy) is 1. The van der Waals surface area contributed by atoms with Gasteiger partial charge in [0.15, 0.2) is 0 Å². The van der Waals surface area contributed by atoms with Crippen LogP contribution in [0.25, 0.3) is 0 Å². The summed E-state index contributed by atoms with van der Waals surface area (Å²) in [5.41, 5.74) is 2.03. The summed E-state index contributed by atoms with van der Waals surface area (Å²) in [4.78, 5) is 16.0. The van der Waals surface area contributed by atoms with Crippen molar-refractivity contribution >= 4 is 17.2 Å². The summed E-state index contributed by atoms with van der Waals surface area (Å²) in [5.74, 6) is 1.58. The molecule has 1 aromatic carbocycles. The number of nitrogens with zero attached hydrogens (tertiary/aromatic N) is 1. The molecule has 0 unspecified atom stereocenters. The van der Waals surface area contributed by atoms with Crippen LogP contribution in [0.1, 0.15) is 41.1 Å². The lowest BCUT2D eigenvalue weighted by atomic mass is 10.1. The van der Waals surface area contributed by atoms with Crippen LogP contribution in [0.15, 0.2) is 35.7 Å². The van der Waals surface area contributed by atoms with Gasteiger partial charge in [-0.25, -0.2) is 0 Å². The zero-order chi connectivity index (χ0) is 16.2. The average Bonchev–Trinajstić information content (AvgIpc) is 3.02. The van der Waals surface area contributed by atoms with Crippen LogP contribution in [0.5, 0.6) is 5.75 Å². The molecule has 0 saturated heterocycles. The zero-order valence-electron chi connectivity index (χ0n) is 13.7. The van der Waals surface area contributed by atoms with Gasteiger partial charge in [0.1, 0.15) is 5.75 Å². The summed E-state index contributed by atoms with van der Waals surface area (Å²) in [6.07, 6.45) is 2.01. The quantitative estimate of drug-likeness (QED) is 0.815. The number of amides is 1. The van der Waals surface area contributed by atoms with E-state index in [0.717, 1.165) is 43.9 Å². The van der Waals surface area contributed by atoms with E-state index in [4.69, 9.17) is 4.74 Å². The standard InChI is InChI=1S/C19H23NO2S/c1-14(2)8-11-22-17-5-3-15(4-6-17)19(21)20-10-7-18-16(13-20)9-12-23-18/h3-6,9,12,14H,7-8,10-11,13H2,1-2H3. The fourth-order valence-electron chi connectivity index (χ4n) is 2.71. The highest BCUT2D eigenvalue weighted by Gasteiger charge is 2.22. The zero-order valence-corrected chi connectivity index (χ0v) is 14.6. The lowest BCUT2D eigenvalue weighted by Crippen LogP contribution is -2.35. The summed E-state index contributed by atoms with van der Waals surface area (Å²) in [7, 11) is 0. The third kappa shape index (κ3) is 3.94. The van der Waals surface area contributed by atoms with Gasteiger partial charge < -0.3 is 9.64 Å². The summed E-state index contributed by atoms with van der Waals surface area (Å²) in [6.45, 7) is 6.62. The molecular formula is C19H23NO2S. The Labute approximate surface area is 141 Å². The number of carbonyl (C=O) groups is 1. The molecular weight excluding hydrogens is 306 g/mol. The molecule has 4 heteroatoms. The normalized spacial score (nSPS) is 14.0. The maximum atomic E-state index is 12.6. The first-order valence-corrected chi connectivity index (χ1v) is 9.09. The predicted octanol–water partition coefficient (Wildman–Crippen LogP) is 4.37. The molecule has 0 fully saturated rings. The largest absolute Gasteiger partial charge is 0.494 e.